The molecule has 4 nitrogen and oxygen atoms in total. The van der Waals surface area contributed by atoms with Crippen LogP contribution in [0.4, 0.5) is 0 Å². The van der Waals surface area contributed by atoms with Gasteiger partial charge in [0.05, 0.1) is 5.02 Å². The van der Waals surface area contributed by atoms with Crippen LogP contribution in [0, 0.1) is 5.92 Å². The number of rotatable bonds is 2. The van der Waals surface area contributed by atoms with Crippen LogP contribution >= 0.6 is 11.6 Å². The fourth-order valence-electron chi connectivity index (χ4n) is 3.92. The minimum Gasteiger partial charge on any atom is -0.463 e. The van der Waals surface area contributed by atoms with Crippen molar-refractivity contribution in [2.45, 2.75) is 31.8 Å². The maximum absolute atomic E-state index is 12.6. The summed E-state index contributed by atoms with van der Waals surface area (Å²) in [5.41, 5.74) is 1.34. The Morgan fingerprint density at radius 1 is 1.36 bits per heavy atom. The van der Waals surface area contributed by atoms with Crippen molar-refractivity contribution in [1.29, 1.82) is 0 Å². The Kier molecular flexibility index (Phi) is 3.39. The first kappa shape index (κ1) is 14.1. The molecule has 0 aliphatic carbocycles. The monoisotopic (exact) mass is 318 g/mol. The Hall–Kier alpha value is -1.52. The summed E-state index contributed by atoms with van der Waals surface area (Å²) in [6.07, 6.45) is 3.87. The predicted octanol–water partition coefficient (Wildman–Crippen LogP) is 3.30. The fraction of sp³-hybridized carbons (Fsp3) is 0.471. The molecule has 0 spiro atoms. The lowest BCUT2D eigenvalue weighted by molar-refractivity contribution is 0.0217. The summed E-state index contributed by atoms with van der Waals surface area (Å²) in [6.45, 7) is 4.54. The second-order valence-electron chi connectivity index (χ2n) is 6.41. The molecule has 3 aliphatic heterocycles. The highest BCUT2D eigenvalue weighted by Gasteiger charge is 2.40. The van der Waals surface area contributed by atoms with Crippen molar-refractivity contribution < 1.29 is 9.21 Å². The van der Waals surface area contributed by atoms with Gasteiger partial charge in [-0.3, -0.25) is 9.69 Å². The number of furan rings is 1. The fourth-order valence-corrected chi connectivity index (χ4v) is 4.11. The smallest absolute Gasteiger partial charge is 0.251 e. The second kappa shape index (κ2) is 5.28. The van der Waals surface area contributed by atoms with Crippen molar-refractivity contribution in [2.24, 2.45) is 5.92 Å². The Balaban J connectivity index is 1.57. The molecule has 4 heterocycles. The average Bonchev–Trinajstić information content (AvgIpc) is 2.92. The number of fused-ring (bicyclic) bond motifs is 4. The van der Waals surface area contributed by atoms with Crippen LogP contribution in [0.3, 0.4) is 0 Å². The Labute approximate surface area is 134 Å². The van der Waals surface area contributed by atoms with Gasteiger partial charge < -0.3 is 9.73 Å². The van der Waals surface area contributed by atoms with E-state index in [1.165, 1.54) is 19.1 Å². The molecule has 3 saturated heterocycles. The summed E-state index contributed by atoms with van der Waals surface area (Å²) < 4.78 is 5.32. The molecular weight excluding hydrogens is 300 g/mol. The van der Waals surface area contributed by atoms with Crippen LogP contribution in [0.2, 0.25) is 5.02 Å². The SMILES string of the molecule is CC1C(NC(=O)c2ccc3occ(Cl)c3c2)C2CCN1CC2. The molecule has 3 fully saturated rings. The van der Waals surface area contributed by atoms with Crippen LogP contribution in [0.25, 0.3) is 11.0 Å². The van der Waals surface area contributed by atoms with Crippen molar-refractivity contribution in [3.8, 4) is 0 Å². The van der Waals surface area contributed by atoms with Crippen LogP contribution in [-0.4, -0.2) is 36.0 Å². The zero-order valence-electron chi connectivity index (χ0n) is 12.5. The maximum Gasteiger partial charge on any atom is 0.251 e. The molecule has 1 N–H and O–H groups in total. The zero-order valence-corrected chi connectivity index (χ0v) is 13.3. The summed E-state index contributed by atoms with van der Waals surface area (Å²) in [4.78, 5) is 15.1. The van der Waals surface area contributed by atoms with Crippen molar-refractivity contribution >= 4 is 28.5 Å². The summed E-state index contributed by atoms with van der Waals surface area (Å²) in [5.74, 6) is 0.579. The summed E-state index contributed by atoms with van der Waals surface area (Å²) >= 11 is 6.08. The van der Waals surface area contributed by atoms with Crippen LogP contribution in [0.5, 0.6) is 0 Å². The first-order valence-corrected chi connectivity index (χ1v) is 8.23. The Morgan fingerprint density at radius 3 is 2.86 bits per heavy atom. The van der Waals surface area contributed by atoms with Gasteiger partial charge in [0.25, 0.3) is 5.91 Å². The van der Waals surface area contributed by atoms with Gasteiger partial charge in [-0.05, 0) is 57.0 Å². The lowest BCUT2D eigenvalue weighted by atomic mass is 9.79. The number of nitrogens with one attached hydrogen (secondary N) is 1. The number of hydrogen-bond donors (Lipinski definition) is 1. The van der Waals surface area contributed by atoms with Crippen molar-refractivity contribution in [3.05, 3.63) is 35.0 Å². The summed E-state index contributed by atoms with van der Waals surface area (Å²) in [6, 6.07) is 6.06. The van der Waals surface area contributed by atoms with Gasteiger partial charge in [-0.25, -0.2) is 0 Å². The predicted molar refractivity (Wildman–Crippen MR) is 86.2 cm³/mol. The first-order chi connectivity index (χ1) is 10.6. The van der Waals surface area contributed by atoms with E-state index in [0.717, 1.165) is 18.5 Å². The van der Waals surface area contributed by atoms with Crippen LogP contribution in [-0.2, 0) is 0 Å². The van der Waals surface area contributed by atoms with E-state index in [1.807, 2.05) is 6.07 Å². The van der Waals surface area contributed by atoms with Gasteiger partial charge in [-0.15, -0.1) is 0 Å². The molecule has 5 heteroatoms. The Bertz CT molecular complexity index is 717. The average molecular weight is 319 g/mol. The molecule has 1 aromatic carbocycles. The van der Waals surface area contributed by atoms with Gasteiger partial charge in [-0.1, -0.05) is 11.6 Å². The largest absolute Gasteiger partial charge is 0.463 e. The van der Waals surface area contributed by atoms with Gasteiger partial charge in [0.1, 0.15) is 11.8 Å². The normalized spacial score (nSPS) is 30.6. The number of carbonyl (C=O) groups excluding carboxylic acids is 1. The van der Waals surface area contributed by atoms with Gasteiger partial charge in [0.15, 0.2) is 0 Å². The topological polar surface area (TPSA) is 45.5 Å². The third-order valence-corrected chi connectivity index (χ3v) is 5.56. The highest BCUT2D eigenvalue weighted by molar-refractivity contribution is 6.35. The molecule has 2 aromatic rings. The summed E-state index contributed by atoms with van der Waals surface area (Å²) in [7, 11) is 0. The highest BCUT2D eigenvalue weighted by atomic mass is 35.5. The molecule has 1 amide bonds. The number of piperidine rings is 3. The molecule has 5 rings (SSSR count). The van der Waals surface area contributed by atoms with Crippen LogP contribution in [0.1, 0.15) is 30.1 Å². The van der Waals surface area contributed by atoms with Gasteiger partial charge >= 0.3 is 0 Å². The third kappa shape index (κ3) is 2.22. The third-order valence-electron chi connectivity index (χ3n) is 5.26. The van der Waals surface area contributed by atoms with Crippen molar-refractivity contribution in [3.63, 3.8) is 0 Å². The van der Waals surface area contributed by atoms with E-state index < -0.39 is 0 Å². The molecule has 2 bridgehead atoms. The molecule has 2 atom stereocenters. The summed E-state index contributed by atoms with van der Waals surface area (Å²) in [5, 5.41) is 4.57. The number of nitrogens with zero attached hydrogens (tertiary/aromatic N) is 1. The van der Waals surface area contributed by atoms with E-state index in [2.05, 4.69) is 17.1 Å². The van der Waals surface area contributed by atoms with Crippen LogP contribution in [0.15, 0.2) is 28.9 Å². The number of hydrogen-bond acceptors (Lipinski definition) is 3. The number of amides is 1. The zero-order chi connectivity index (χ0) is 15.3. The standard InChI is InChI=1S/C17H19ClN2O2/c1-10-16(11-4-6-20(10)7-5-11)19-17(21)12-2-3-15-13(8-12)14(18)9-22-15/h2-3,8-11,16H,4-7H2,1H3,(H,19,21). The second-order valence-corrected chi connectivity index (χ2v) is 6.82. The van der Waals surface area contributed by atoms with E-state index in [1.54, 1.807) is 12.1 Å². The maximum atomic E-state index is 12.6. The van der Waals surface area contributed by atoms with Crippen molar-refractivity contribution in [1.82, 2.24) is 10.2 Å². The Morgan fingerprint density at radius 2 is 2.14 bits per heavy atom. The molecule has 22 heavy (non-hydrogen) atoms. The molecular formula is C17H19ClN2O2. The van der Waals surface area contributed by atoms with Gasteiger partial charge in [-0.2, -0.15) is 0 Å². The van der Waals surface area contributed by atoms with E-state index in [-0.39, 0.29) is 11.9 Å². The lowest BCUT2D eigenvalue weighted by Gasteiger charge is -2.49. The van der Waals surface area contributed by atoms with Crippen molar-refractivity contribution in [2.75, 3.05) is 13.1 Å². The van der Waals surface area contributed by atoms with E-state index >= 15 is 0 Å². The quantitative estimate of drug-likeness (QED) is 0.924. The van der Waals surface area contributed by atoms with E-state index in [4.69, 9.17) is 16.0 Å². The molecule has 0 saturated carbocycles. The molecule has 116 valence electrons. The lowest BCUT2D eigenvalue weighted by Crippen LogP contribution is -2.62. The first-order valence-electron chi connectivity index (χ1n) is 7.85. The minimum atomic E-state index is -0.0234. The van der Waals surface area contributed by atoms with Crippen LogP contribution < -0.4 is 5.32 Å². The van der Waals surface area contributed by atoms with Gasteiger partial charge in [0.2, 0.25) is 0 Å². The molecule has 2 unspecified atom stereocenters. The minimum absolute atomic E-state index is 0.0234. The molecule has 1 aromatic heterocycles. The number of benzene rings is 1. The van der Waals surface area contributed by atoms with Gasteiger partial charge in [0, 0.05) is 23.0 Å². The molecule has 3 aliphatic rings. The van der Waals surface area contributed by atoms with E-state index in [0.29, 0.717) is 28.1 Å². The number of halogens is 1. The molecule has 0 radical (unpaired) electrons. The number of carbonyl (C=O) groups is 1. The highest BCUT2D eigenvalue weighted by Crippen LogP contribution is 2.32. The van der Waals surface area contributed by atoms with E-state index in [9.17, 15) is 4.79 Å².